The van der Waals surface area contributed by atoms with Crippen LogP contribution in [0.5, 0.6) is 0 Å². The number of carbonyl (C=O) groups excluding carboxylic acids is 1. The molecule has 0 spiro atoms. The molecule has 0 aliphatic heterocycles. The Kier molecular flexibility index (Phi) is 3.14. The van der Waals surface area contributed by atoms with Gasteiger partial charge >= 0.3 is 0 Å². The van der Waals surface area contributed by atoms with E-state index >= 15 is 0 Å². The van der Waals surface area contributed by atoms with Crippen LogP contribution in [-0.2, 0) is 14.9 Å². The SMILES string of the molecule is CC1=CC(=O)C(c2cc(S(=O)(=O)O)ccc2Cl)=C1. The van der Waals surface area contributed by atoms with Crippen LogP contribution in [0, 0.1) is 0 Å². The first-order valence-corrected chi connectivity index (χ1v) is 6.82. The zero-order valence-corrected chi connectivity index (χ0v) is 10.9. The zero-order chi connectivity index (χ0) is 13.5. The number of ketones is 1. The Hall–Kier alpha value is -1.43. The van der Waals surface area contributed by atoms with Crippen molar-refractivity contribution >= 4 is 33.1 Å². The highest BCUT2D eigenvalue weighted by atomic mass is 35.5. The molecule has 18 heavy (non-hydrogen) atoms. The zero-order valence-electron chi connectivity index (χ0n) is 9.34. The van der Waals surface area contributed by atoms with Crippen molar-refractivity contribution in [3.05, 3.63) is 46.5 Å². The second-order valence-corrected chi connectivity index (χ2v) is 5.76. The van der Waals surface area contributed by atoms with Crippen molar-refractivity contribution in [2.24, 2.45) is 0 Å². The maximum atomic E-state index is 11.7. The summed E-state index contributed by atoms with van der Waals surface area (Å²) in [5, 5.41) is 0.255. The second-order valence-electron chi connectivity index (χ2n) is 3.93. The highest BCUT2D eigenvalue weighted by Gasteiger charge is 2.20. The Morgan fingerprint density at radius 2 is 1.89 bits per heavy atom. The largest absolute Gasteiger partial charge is 0.294 e. The molecule has 4 nitrogen and oxygen atoms in total. The molecule has 0 aromatic heterocycles. The quantitative estimate of drug-likeness (QED) is 0.847. The number of rotatable bonds is 2. The first kappa shape index (κ1) is 13.0. The fourth-order valence-corrected chi connectivity index (χ4v) is 2.43. The number of carbonyl (C=O) groups is 1. The molecule has 1 aromatic carbocycles. The van der Waals surface area contributed by atoms with E-state index in [-0.39, 0.29) is 15.7 Å². The lowest BCUT2D eigenvalue weighted by Gasteiger charge is -2.06. The Labute approximate surface area is 109 Å². The molecule has 0 saturated carbocycles. The van der Waals surface area contributed by atoms with Gasteiger partial charge in [0.15, 0.2) is 5.78 Å². The van der Waals surface area contributed by atoms with Gasteiger partial charge in [-0.3, -0.25) is 9.35 Å². The third-order valence-electron chi connectivity index (χ3n) is 2.52. The van der Waals surface area contributed by atoms with E-state index in [1.807, 2.05) is 0 Å². The average molecular weight is 285 g/mol. The van der Waals surface area contributed by atoms with Gasteiger partial charge in [0, 0.05) is 16.2 Å². The number of hydrogen-bond acceptors (Lipinski definition) is 3. The lowest BCUT2D eigenvalue weighted by atomic mass is 10.0. The van der Waals surface area contributed by atoms with Crippen molar-refractivity contribution < 1.29 is 17.8 Å². The van der Waals surface area contributed by atoms with Crippen molar-refractivity contribution in [1.29, 1.82) is 0 Å². The normalized spacial score (nSPS) is 15.6. The van der Waals surface area contributed by atoms with Gasteiger partial charge in [0.2, 0.25) is 0 Å². The Balaban J connectivity index is 2.60. The van der Waals surface area contributed by atoms with E-state index in [4.69, 9.17) is 16.2 Å². The van der Waals surface area contributed by atoms with E-state index in [9.17, 15) is 13.2 Å². The summed E-state index contributed by atoms with van der Waals surface area (Å²) in [6.07, 6.45) is 3.06. The molecule has 1 N–H and O–H groups in total. The smallest absolute Gasteiger partial charge is 0.289 e. The Morgan fingerprint density at radius 1 is 1.22 bits per heavy atom. The number of benzene rings is 1. The third kappa shape index (κ3) is 2.38. The molecule has 1 aliphatic carbocycles. The molecule has 0 bridgehead atoms. The van der Waals surface area contributed by atoms with Gasteiger partial charge < -0.3 is 0 Å². The fraction of sp³-hybridized carbons (Fsp3) is 0.0833. The van der Waals surface area contributed by atoms with Crippen LogP contribution in [-0.4, -0.2) is 18.8 Å². The summed E-state index contributed by atoms with van der Waals surface area (Å²) in [5.41, 5.74) is 1.39. The standard InChI is InChI=1S/C12H9ClO4S/c1-7-4-10(12(14)5-7)9-6-8(18(15,16)17)2-3-11(9)13/h2-6H,1H3,(H,15,16,17). The predicted octanol–water partition coefficient (Wildman–Crippen LogP) is 2.50. The van der Waals surface area contributed by atoms with E-state index in [2.05, 4.69) is 0 Å². The van der Waals surface area contributed by atoms with Gasteiger partial charge in [0.05, 0.1) is 4.90 Å². The maximum absolute atomic E-state index is 11.7. The van der Waals surface area contributed by atoms with Gasteiger partial charge in [-0.25, -0.2) is 0 Å². The minimum Gasteiger partial charge on any atom is -0.289 e. The lowest BCUT2D eigenvalue weighted by molar-refractivity contribution is -0.109. The van der Waals surface area contributed by atoms with Crippen LogP contribution in [0.4, 0.5) is 0 Å². The molecule has 0 radical (unpaired) electrons. The van der Waals surface area contributed by atoms with Crippen molar-refractivity contribution in [3.8, 4) is 0 Å². The summed E-state index contributed by atoms with van der Waals surface area (Å²) in [6, 6.07) is 3.71. The summed E-state index contributed by atoms with van der Waals surface area (Å²) < 4.78 is 31.1. The van der Waals surface area contributed by atoms with Crippen LogP contribution >= 0.6 is 11.6 Å². The Bertz CT molecular complexity index is 699. The van der Waals surface area contributed by atoms with E-state index in [0.29, 0.717) is 11.1 Å². The summed E-state index contributed by atoms with van der Waals surface area (Å²) in [5.74, 6) is -0.234. The number of allylic oxidation sites excluding steroid dienone is 4. The third-order valence-corrected chi connectivity index (χ3v) is 3.70. The molecule has 1 aromatic rings. The van der Waals surface area contributed by atoms with Crippen molar-refractivity contribution in [3.63, 3.8) is 0 Å². The molecule has 0 atom stereocenters. The van der Waals surface area contributed by atoms with Gasteiger partial charge in [0.1, 0.15) is 0 Å². The first-order valence-electron chi connectivity index (χ1n) is 5.01. The lowest BCUT2D eigenvalue weighted by Crippen LogP contribution is -2.01. The molecule has 0 amide bonds. The molecule has 0 heterocycles. The highest BCUT2D eigenvalue weighted by Crippen LogP contribution is 2.31. The van der Waals surface area contributed by atoms with E-state index in [1.165, 1.54) is 24.3 Å². The molecule has 94 valence electrons. The summed E-state index contributed by atoms with van der Waals surface area (Å²) >= 11 is 5.95. The number of hydrogen-bond donors (Lipinski definition) is 1. The van der Waals surface area contributed by atoms with Crippen LogP contribution in [0.1, 0.15) is 12.5 Å². The van der Waals surface area contributed by atoms with Crippen LogP contribution < -0.4 is 0 Å². The van der Waals surface area contributed by atoms with E-state index < -0.39 is 10.1 Å². The highest BCUT2D eigenvalue weighted by molar-refractivity contribution is 7.85. The van der Waals surface area contributed by atoms with Gasteiger partial charge in [-0.15, -0.1) is 0 Å². The van der Waals surface area contributed by atoms with Crippen molar-refractivity contribution in [1.82, 2.24) is 0 Å². The molecule has 0 saturated heterocycles. The van der Waals surface area contributed by atoms with Gasteiger partial charge in [-0.05, 0) is 42.8 Å². The van der Waals surface area contributed by atoms with Crippen LogP contribution in [0.25, 0.3) is 5.57 Å². The van der Waals surface area contributed by atoms with Crippen molar-refractivity contribution in [2.75, 3.05) is 0 Å². The minimum atomic E-state index is -4.32. The van der Waals surface area contributed by atoms with Gasteiger partial charge in [-0.2, -0.15) is 8.42 Å². The summed E-state index contributed by atoms with van der Waals surface area (Å²) in [7, 11) is -4.32. The summed E-state index contributed by atoms with van der Waals surface area (Å²) in [4.78, 5) is 11.4. The molecular weight excluding hydrogens is 276 g/mol. The molecule has 0 fully saturated rings. The molecule has 2 rings (SSSR count). The van der Waals surface area contributed by atoms with Crippen LogP contribution in [0.2, 0.25) is 5.02 Å². The Morgan fingerprint density at radius 3 is 2.39 bits per heavy atom. The fourth-order valence-electron chi connectivity index (χ4n) is 1.71. The topological polar surface area (TPSA) is 71.4 Å². The molecule has 1 aliphatic rings. The predicted molar refractivity (Wildman–Crippen MR) is 68.0 cm³/mol. The monoisotopic (exact) mass is 284 g/mol. The first-order chi connectivity index (χ1) is 8.29. The molecule has 6 heteroatoms. The summed E-state index contributed by atoms with van der Waals surface area (Å²) in [6.45, 7) is 1.76. The van der Waals surface area contributed by atoms with Gasteiger partial charge in [-0.1, -0.05) is 11.6 Å². The average Bonchev–Trinajstić information content (AvgIpc) is 2.56. The van der Waals surface area contributed by atoms with Crippen LogP contribution in [0.3, 0.4) is 0 Å². The number of halogens is 1. The molecule has 0 unspecified atom stereocenters. The van der Waals surface area contributed by atoms with Gasteiger partial charge in [0.25, 0.3) is 10.1 Å². The molecular formula is C12H9ClO4S. The van der Waals surface area contributed by atoms with Crippen LogP contribution in [0.15, 0.2) is 40.8 Å². The maximum Gasteiger partial charge on any atom is 0.294 e. The minimum absolute atomic E-state index is 0.234. The second kappa shape index (κ2) is 4.35. The van der Waals surface area contributed by atoms with E-state index in [1.54, 1.807) is 13.0 Å². The van der Waals surface area contributed by atoms with E-state index in [0.717, 1.165) is 5.57 Å². The van der Waals surface area contributed by atoms with Crippen molar-refractivity contribution in [2.45, 2.75) is 11.8 Å².